The lowest BCUT2D eigenvalue weighted by Gasteiger charge is -1.89. The van der Waals surface area contributed by atoms with Gasteiger partial charge in [-0.05, 0) is 34.0 Å². The lowest BCUT2D eigenvalue weighted by molar-refractivity contribution is -0.116. The topological polar surface area (TPSA) is 41.1 Å². The molecule has 0 aromatic rings. The van der Waals surface area contributed by atoms with E-state index in [9.17, 15) is 4.79 Å². The van der Waals surface area contributed by atoms with Crippen molar-refractivity contribution < 1.29 is 4.79 Å². The predicted molar refractivity (Wildman–Crippen MR) is 64.8 cm³/mol. The van der Waals surface area contributed by atoms with Gasteiger partial charge in [-0.2, -0.15) is 0 Å². The van der Waals surface area contributed by atoms with E-state index in [2.05, 4.69) is 17.6 Å². The number of Topliss-reactive ketones (excluding diaryl/α,β-unsaturated/α-hetero) is 1. The summed E-state index contributed by atoms with van der Waals surface area (Å²) in [4.78, 5) is 9.98. The summed E-state index contributed by atoms with van der Waals surface area (Å²) in [6.07, 6.45) is 2.59. The maximum Gasteiger partial charge on any atom is 0.143 e. The van der Waals surface area contributed by atoms with Crippen molar-refractivity contribution in [3.05, 3.63) is 0 Å². The number of likely N-dealkylation sites (N-methyl/N-ethyl adjacent to an activating group) is 1. The monoisotopic (exact) mass is 204 g/mol. The molecule has 0 bridgehead atoms. The van der Waals surface area contributed by atoms with Gasteiger partial charge in [0.25, 0.3) is 0 Å². The van der Waals surface area contributed by atoms with Gasteiger partial charge in [-0.15, -0.1) is 0 Å². The lowest BCUT2D eigenvalue weighted by atomic mass is 10.3. The molecule has 0 heterocycles. The fraction of sp³-hybridized carbons (Fsp3) is 0.909. The van der Waals surface area contributed by atoms with Crippen LogP contribution < -0.4 is 10.6 Å². The van der Waals surface area contributed by atoms with Crippen LogP contribution in [0.25, 0.3) is 0 Å². The molecule has 0 aromatic heterocycles. The number of hydrogen-bond acceptors (Lipinski definition) is 3. The minimum Gasteiger partial charge on any atom is -0.320 e. The van der Waals surface area contributed by atoms with Gasteiger partial charge in [0.05, 0.1) is 6.54 Å². The van der Waals surface area contributed by atoms with Gasteiger partial charge in [0.1, 0.15) is 5.78 Å². The fourth-order valence-corrected chi connectivity index (χ4v) is 0.602. The Morgan fingerprint density at radius 3 is 1.71 bits per heavy atom. The third kappa shape index (κ3) is 41.6. The molecule has 3 heteroatoms. The third-order valence-corrected chi connectivity index (χ3v) is 1.21. The second-order valence-corrected chi connectivity index (χ2v) is 2.69. The molecule has 0 aromatic carbocycles. The Morgan fingerprint density at radius 2 is 1.64 bits per heavy atom. The summed E-state index contributed by atoms with van der Waals surface area (Å²) < 4.78 is 0. The van der Waals surface area contributed by atoms with Crippen LogP contribution >= 0.6 is 0 Å². The lowest BCUT2D eigenvalue weighted by Crippen LogP contribution is -2.14. The quantitative estimate of drug-likeness (QED) is 0.671. The smallest absolute Gasteiger partial charge is 0.143 e. The number of hydrogen-bond donors (Lipinski definition) is 2. The molecule has 0 spiro atoms. The molecular formula is C11H28N2O. The Labute approximate surface area is 89.7 Å². The summed E-state index contributed by atoms with van der Waals surface area (Å²) in [6, 6.07) is 0. The van der Waals surface area contributed by atoms with Gasteiger partial charge in [0, 0.05) is 0 Å². The zero-order valence-corrected chi connectivity index (χ0v) is 10.7. The molecule has 0 saturated carbocycles. The van der Waals surface area contributed by atoms with Crippen molar-refractivity contribution in [2.45, 2.75) is 40.5 Å². The largest absolute Gasteiger partial charge is 0.320 e. The summed E-state index contributed by atoms with van der Waals surface area (Å²) in [7, 11) is 3.73. The van der Waals surface area contributed by atoms with Crippen molar-refractivity contribution in [1.29, 1.82) is 0 Å². The highest BCUT2D eigenvalue weighted by atomic mass is 16.1. The number of carbonyl (C=O) groups is 1. The van der Waals surface area contributed by atoms with E-state index in [0.717, 1.165) is 6.54 Å². The first-order valence-corrected chi connectivity index (χ1v) is 5.47. The number of unbranched alkanes of at least 4 members (excludes halogenated alkanes) is 1. The molecule has 0 saturated heterocycles. The molecule has 0 aliphatic rings. The average Bonchev–Trinajstić information content (AvgIpc) is 2.18. The van der Waals surface area contributed by atoms with Crippen LogP contribution in [-0.4, -0.2) is 33.0 Å². The fourth-order valence-electron chi connectivity index (χ4n) is 0.602. The van der Waals surface area contributed by atoms with E-state index in [1.165, 1.54) is 12.8 Å². The van der Waals surface area contributed by atoms with E-state index >= 15 is 0 Å². The molecule has 0 atom stereocenters. The number of rotatable bonds is 5. The van der Waals surface area contributed by atoms with Crippen molar-refractivity contribution in [2.24, 2.45) is 0 Å². The molecule has 0 amide bonds. The van der Waals surface area contributed by atoms with Gasteiger partial charge in [-0.1, -0.05) is 27.2 Å². The molecule has 0 radical (unpaired) electrons. The van der Waals surface area contributed by atoms with Crippen LogP contribution in [0.1, 0.15) is 40.5 Å². The molecule has 0 unspecified atom stereocenters. The number of ketones is 1. The van der Waals surface area contributed by atoms with Crippen LogP contribution in [0.5, 0.6) is 0 Å². The van der Waals surface area contributed by atoms with Crippen LogP contribution in [0.3, 0.4) is 0 Å². The van der Waals surface area contributed by atoms with Crippen LogP contribution in [0.4, 0.5) is 0 Å². The molecule has 0 rings (SSSR count). The van der Waals surface area contributed by atoms with Crippen LogP contribution in [0.15, 0.2) is 0 Å². The van der Waals surface area contributed by atoms with Crippen molar-refractivity contribution in [1.82, 2.24) is 10.6 Å². The normalized spacial score (nSPS) is 7.86. The van der Waals surface area contributed by atoms with E-state index in [0.29, 0.717) is 6.54 Å². The van der Waals surface area contributed by atoms with E-state index in [4.69, 9.17) is 0 Å². The van der Waals surface area contributed by atoms with Gasteiger partial charge in [0.15, 0.2) is 0 Å². The molecule has 3 nitrogen and oxygen atoms in total. The number of carbonyl (C=O) groups excluding carboxylic acids is 1. The highest BCUT2D eigenvalue weighted by Gasteiger charge is 1.82. The van der Waals surface area contributed by atoms with Gasteiger partial charge in [-0.25, -0.2) is 0 Å². The molecule has 2 N–H and O–H groups in total. The zero-order chi connectivity index (χ0) is 11.8. The summed E-state index contributed by atoms with van der Waals surface area (Å²) in [6.45, 7) is 9.39. The molecule has 0 aliphatic heterocycles. The second-order valence-electron chi connectivity index (χ2n) is 2.69. The molecule has 14 heavy (non-hydrogen) atoms. The standard InChI is InChI=1S/C5H13N.C4H9NO.C2H6/c1-3-4-5-6-2;1-4(6)3-5-2;1-2/h6H,3-5H2,1-2H3;5H,3H2,1-2H3;1-2H3. The van der Waals surface area contributed by atoms with Crippen LogP contribution in [0, 0.1) is 0 Å². The Kier molecular flexibility index (Phi) is 31.4. The summed E-state index contributed by atoms with van der Waals surface area (Å²) >= 11 is 0. The van der Waals surface area contributed by atoms with Gasteiger partial charge in [0.2, 0.25) is 0 Å². The van der Waals surface area contributed by atoms with Gasteiger partial charge in [-0.3, -0.25) is 4.79 Å². The van der Waals surface area contributed by atoms with Crippen molar-refractivity contribution >= 4 is 5.78 Å². The third-order valence-electron chi connectivity index (χ3n) is 1.21. The van der Waals surface area contributed by atoms with E-state index in [-0.39, 0.29) is 5.78 Å². The Bertz CT molecular complexity index is 91.3. The molecule has 0 aliphatic carbocycles. The van der Waals surface area contributed by atoms with Crippen LogP contribution in [-0.2, 0) is 4.79 Å². The van der Waals surface area contributed by atoms with E-state index in [1.807, 2.05) is 20.9 Å². The van der Waals surface area contributed by atoms with E-state index in [1.54, 1.807) is 14.0 Å². The first-order valence-electron chi connectivity index (χ1n) is 5.47. The minimum atomic E-state index is 0.178. The Hall–Kier alpha value is -0.410. The second kappa shape index (κ2) is 22.9. The SMILES string of the molecule is CC.CCCCNC.CNCC(C)=O. The maximum absolute atomic E-state index is 9.98. The Morgan fingerprint density at radius 1 is 1.14 bits per heavy atom. The minimum absolute atomic E-state index is 0.178. The number of nitrogens with one attached hydrogen (secondary N) is 2. The first-order chi connectivity index (χ1) is 6.68. The maximum atomic E-state index is 9.98. The van der Waals surface area contributed by atoms with Crippen LogP contribution in [0.2, 0.25) is 0 Å². The average molecular weight is 204 g/mol. The first kappa shape index (κ1) is 19.2. The van der Waals surface area contributed by atoms with E-state index < -0.39 is 0 Å². The van der Waals surface area contributed by atoms with Crippen molar-refractivity contribution in [3.63, 3.8) is 0 Å². The summed E-state index contributed by atoms with van der Waals surface area (Å²) in [5, 5.41) is 5.79. The molecule has 88 valence electrons. The molecular weight excluding hydrogens is 176 g/mol. The van der Waals surface area contributed by atoms with Gasteiger partial charge < -0.3 is 10.6 Å². The zero-order valence-electron chi connectivity index (χ0n) is 10.7. The Balaban J connectivity index is -0.000000147. The van der Waals surface area contributed by atoms with Crippen molar-refractivity contribution in [3.8, 4) is 0 Å². The molecule has 0 fully saturated rings. The van der Waals surface area contributed by atoms with Crippen molar-refractivity contribution in [2.75, 3.05) is 27.2 Å². The predicted octanol–water partition coefficient (Wildman–Crippen LogP) is 1.83. The highest BCUT2D eigenvalue weighted by Crippen LogP contribution is 1.79. The van der Waals surface area contributed by atoms with Gasteiger partial charge >= 0.3 is 0 Å². The summed E-state index contributed by atoms with van der Waals surface area (Å²) in [5.41, 5.74) is 0. The summed E-state index contributed by atoms with van der Waals surface area (Å²) in [5.74, 6) is 0.178. The highest BCUT2D eigenvalue weighted by molar-refractivity contribution is 5.77.